The highest BCUT2D eigenvalue weighted by molar-refractivity contribution is 5.69. The van der Waals surface area contributed by atoms with Crippen molar-refractivity contribution < 1.29 is 19.0 Å². The zero-order valence-electron chi connectivity index (χ0n) is 9.57. The summed E-state index contributed by atoms with van der Waals surface area (Å²) < 4.78 is 16.3. The van der Waals surface area contributed by atoms with Gasteiger partial charge in [-0.15, -0.1) is 0 Å². The van der Waals surface area contributed by atoms with Crippen molar-refractivity contribution in [1.82, 2.24) is 0 Å². The summed E-state index contributed by atoms with van der Waals surface area (Å²) in [7, 11) is 0. The molecule has 16 heavy (non-hydrogen) atoms. The van der Waals surface area contributed by atoms with E-state index in [1.807, 2.05) is 13.8 Å². The summed E-state index contributed by atoms with van der Waals surface area (Å²) in [6.45, 7) is 5.22. The number of ether oxygens (including phenoxy) is 3. The van der Waals surface area contributed by atoms with Gasteiger partial charge in [0.2, 0.25) is 5.79 Å². The monoisotopic (exact) mass is 222 g/mol. The Labute approximate surface area is 94.1 Å². The van der Waals surface area contributed by atoms with Crippen molar-refractivity contribution in [2.45, 2.75) is 33.0 Å². The molecule has 1 aliphatic rings. The van der Waals surface area contributed by atoms with Crippen molar-refractivity contribution in [1.29, 1.82) is 0 Å². The van der Waals surface area contributed by atoms with Crippen LogP contribution in [0.2, 0.25) is 0 Å². The van der Waals surface area contributed by atoms with E-state index in [0.717, 1.165) is 6.42 Å². The van der Waals surface area contributed by atoms with Gasteiger partial charge in [-0.2, -0.15) is 0 Å². The molecule has 1 aromatic carbocycles. The molecule has 1 heterocycles. The summed E-state index contributed by atoms with van der Waals surface area (Å²) in [4.78, 5) is 10.8. The summed E-state index contributed by atoms with van der Waals surface area (Å²) >= 11 is 0. The minimum Gasteiger partial charge on any atom is -0.449 e. The van der Waals surface area contributed by atoms with Crippen LogP contribution >= 0.6 is 0 Å². The van der Waals surface area contributed by atoms with Gasteiger partial charge in [-0.1, -0.05) is 6.92 Å². The zero-order valence-corrected chi connectivity index (χ0v) is 9.57. The molecule has 0 N–H and O–H groups in total. The number of hydrogen-bond acceptors (Lipinski definition) is 4. The normalized spacial score (nSPS) is 21.9. The van der Waals surface area contributed by atoms with Crippen molar-refractivity contribution in [3.05, 3.63) is 18.2 Å². The summed E-state index contributed by atoms with van der Waals surface area (Å²) in [6, 6.07) is 5.09. The second-order valence-electron chi connectivity index (χ2n) is 3.89. The van der Waals surface area contributed by atoms with E-state index in [0.29, 0.717) is 17.2 Å². The van der Waals surface area contributed by atoms with Crippen molar-refractivity contribution in [3.63, 3.8) is 0 Å². The molecule has 0 aliphatic carbocycles. The Morgan fingerprint density at radius 2 is 2.06 bits per heavy atom. The van der Waals surface area contributed by atoms with Gasteiger partial charge < -0.3 is 14.2 Å². The highest BCUT2D eigenvalue weighted by Gasteiger charge is 2.35. The number of benzene rings is 1. The first-order valence-electron chi connectivity index (χ1n) is 5.23. The lowest BCUT2D eigenvalue weighted by atomic mass is 10.2. The number of carbonyl (C=O) groups excluding carboxylic acids is 1. The number of carbonyl (C=O) groups is 1. The van der Waals surface area contributed by atoms with Crippen molar-refractivity contribution >= 4 is 5.97 Å². The van der Waals surface area contributed by atoms with Gasteiger partial charge in [-0.3, -0.25) is 4.79 Å². The maximum absolute atomic E-state index is 10.8. The lowest BCUT2D eigenvalue weighted by Crippen LogP contribution is -2.33. The Hall–Kier alpha value is -1.71. The molecule has 4 nitrogen and oxygen atoms in total. The van der Waals surface area contributed by atoms with E-state index >= 15 is 0 Å². The molecule has 0 saturated heterocycles. The van der Waals surface area contributed by atoms with Crippen LogP contribution in [0.5, 0.6) is 17.2 Å². The Balaban J connectivity index is 2.24. The van der Waals surface area contributed by atoms with E-state index in [1.54, 1.807) is 18.2 Å². The predicted octanol–water partition coefficient (Wildman–Crippen LogP) is 2.51. The number of esters is 1. The number of fused-ring (bicyclic) bond motifs is 1. The number of hydrogen-bond donors (Lipinski definition) is 0. The van der Waals surface area contributed by atoms with E-state index < -0.39 is 5.79 Å². The molecule has 1 unspecified atom stereocenters. The van der Waals surface area contributed by atoms with Gasteiger partial charge in [0.05, 0.1) is 0 Å². The van der Waals surface area contributed by atoms with E-state index in [-0.39, 0.29) is 5.97 Å². The molecular formula is C12H14O4. The van der Waals surface area contributed by atoms with E-state index in [9.17, 15) is 4.79 Å². The summed E-state index contributed by atoms with van der Waals surface area (Å²) in [5.41, 5.74) is 0. The fourth-order valence-corrected chi connectivity index (χ4v) is 1.51. The third-order valence-corrected chi connectivity index (χ3v) is 2.47. The molecule has 1 aromatic rings. The van der Waals surface area contributed by atoms with Gasteiger partial charge in [0.15, 0.2) is 11.5 Å². The second-order valence-corrected chi connectivity index (χ2v) is 3.89. The average molecular weight is 222 g/mol. The fraction of sp³-hybridized carbons (Fsp3) is 0.417. The number of rotatable bonds is 2. The molecule has 0 bridgehead atoms. The standard InChI is InChI=1S/C12H14O4/c1-4-12(3)15-10-6-5-9(14-8(2)13)7-11(10)16-12/h5-7H,4H2,1-3H3. The Morgan fingerprint density at radius 1 is 1.38 bits per heavy atom. The maximum Gasteiger partial charge on any atom is 0.308 e. The molecule has 0 saturated carbocycles. The van der Waals surface area contributed by atoms with Gasteiger partial charge in [-0.25, -0.2) is 0 Å². The molecule has 0 spiro atoms. The molecule has 0 fully saturated rings. The Kier molecular flexibility index (Phi) is 2.50. The zero-order chi connectivity index (χ0) is 11.8. The molecule has 2 rings (SSSR count). The molecule has 1 atom stereocenters. The fourth-order valence-electron chi connectivity index (χ4n) is 1.51. The van der Waals surface area contributed by atoms with Gasteiger partial charge in [-0.05, 0) is 12.1 Å². The lowest BCUT2D eigenvalue weighted by Gasteiger charge is -2.20. The summed E-state index contributed by atoms with van der Waals surface area (Å²) in [5, 5.41) is 0. The Morgan fingerprint density at radius 3 is 2.69 bits per heavy atom. The lowest BCUT2D eigenvalue weighted by molar-refractivity contribution is -0.131. The summed E-state index contributed by atoms with van der Waals surface area (Å²) in [6.07, 6.45) is 0.741. The highest BCUT2D eigenvalue weighted by Crippen LogP contribution is 2.42. The van der Waals surface area contributed by atoms with Crippen LogP contribution in [0.25, 0.3) is 0 Å². The Bertz CT molecular complexity index is 427. The SMILES string of the molecule is CCC1(C)Oc2ccc(OC(C)=O)cc2O1. The van der Waals surface area contributed by atoms with E-state index in [4.69, 9.17) is 14.2 Å². The molecule has 1 aliphatic heterocycles. The minimum absolute atomic E-state index is 0.350. The quantitative estimate of drug-likeness (QED) is 0.569. The predicted molar refractivity (Wildman–Crippen MR) is 57.7 cm³/mol. The van der Waals surface area contributed by atoms with Crippen LogP contribution in [-0.4, -0.2) is 11.8 Å². The molecule has 0 aromatic heterocycles. The van der Waals surface area contributed by atoms with Crippen LogP contribution in [-0.2, 0) is 4.79 Å². The van der Waals surface area contributed by atoms with Gasteiger partial charge in [0, 0.05) is 26.3 Å². The molecule has 0 amide bonds. The first-order chi connectivity index (χ1) is 7.52. The van der Waals surface area contributed by atoms with E-state index in [1.165, 1.54) is 6.92 Å². The molecule has 0 radical (unpaired) electrons. The highest BCUT2D eigenvalue weighted by atomic mass is 16.7. The first kappa shape index (κ1) is 10.8. The molecule has 86 valence electrons. The van der Waals surface area contributed by atoms with Crippen molar-refractivity contribution in [2.75, 3.05) is 0 Å². The van der Waals surface area contributed by atoms with Crippen LogP contribution in [0.15, 0.2) is 18.2 Å². The van der Waals surface area contributed by atoms with Crippen LogP contribution in [0, 0.1) is 0 Å². The average Bonchev–Trinajstić information content (AvgIpc) is 2.54. The summed E-state index contributed by atoms with van der Waals surface area (Å²) in [5.74, 6) is 0.799. The van der Waals surface area contributed by atoms with Gasteiger partial charge in [0.25, 0.3) is 0 Å². The molecular weight excluding hydrogens is 208 g/mol. The first-order valence-corrected chi connectivity index (χ1v) is 5.23. The third kappa shape index (κ3) is 1.96. The topological polar surface area (TPSA) is 44.8 Å². The third-order valence-electron chi connectivity index (χ3n) is 2.47. The van der Waals surface area contributed by atoms with Gasteiger partial charge in [0.1, 0.15) is 5.75 Å². The molecule has 4 heteroatoms. The van der Waals surface area contributed by atoms with Crippen molar-refractivity contribution in [2.24, 2.45) is 0 Å². The van der Waals surface area contributed by atoms with Crippen LogP contribution in [0.4, 0.5) is 0 Å². The minimum atomic E-state index is -0.614. The largest absolute Gasteiger partial charge is 0.449 e. The van der Waals surface area contributed by atoms with Crippen LogP contribution in [0.3, 0.4) is 0 Å². The van der Waals surface area contributed by atoms with Gasteiger partial charge >= 0.3 is 5.97 Å². The van der Waals surface area contributed by atoms with E-state index in [2.05, 4.69) is 0 Å². The maximum atomic E-state index is 10.8. The second kappa shape index (κ2) is 3.70. The van der Waals surface area contributed by atoms with Crippen LogP contribution < -0.4 is 14.2 Å². The smallest absolute Gasteiger partial charge is 0.308 e. The van der Waals surface area contributed by atoms with Crippen molar-refractivity contribution in [3.8, 4) is 17.2 Å². The van der Waals surface area contributed by atoms with Crippen LogP contribution in [0.1, 0.15) is 27.2 Å².